The molecule has 1 N–H and O–H groups in total. The molecule has 98 valence electrons. The second kappa shape index (κ2) is 5.39. The van der Waals surface area contributed by atoms with Crippen LogP contribution in [0.25, 0.3) is 0 Å². The van der Waals surface area contributed by atoms with Crippen LogP contribution < -0.4 is 5.32 Å². The Bertz CT molecular complexity index is 416. The van der Waals surface area contributed by atoms with E-state index in [2.05, 4.69) is 5.32 Å². The molecule has 18 heavy (non-hydrogen) atoms. The molecule has 1 amide bonds. The molecule has 0 bridgehead atoms. The Hall–Kier alpha value is -1.56. The highest BCUT2D eigenvalue weighted by molar-refractivity contribution is 5.92. The second-order valence-electron chi connectivity index (χ2n) is 4.34. The second-order valence-corrected chi connectivity index (χ2v) is 4.34. The number of halogens is 3. The number of hydrogen-bond donors (Lipinski definition) is 1. The van der Waals surface area contributed by atoms with Gasteiger partial charge in [0.15, 0.2) is 0 Å². The summed E-state index contributed by atoms with van der Waals surface area (Å²) in [6.07, 6.45) is -2.32. The third-order valence-electron chi connectivity index (χ3n) is 2.84. The Labute approximate surface area is 103 Å². The van der Waals surface area contributed by atoms with E-state index in [9.17, 15) is 18.0 Å². The molecule has 1 saturated heterocycles. The SMILES string of the molecule is O=C(CN1CC(C(F)F)C1)Nc1ccc(F)cc1. The summed E-state index contributed by atoms with van der Waals surface area (Å²) < 4.78 is 37.0. The van der Waals surface area contributed by atoms with Gasteiger partial charge in [-0.2, -0.15) is 0 Å². The number of alkyl halides is 2. The van der Waals surface area contributed by atoms with Crippen molar-refractivity contribution in [3.05, 3.63) is 30.1 Å². The van der Waals surface area contributed by atoms with Gasteiger partial charge in [0.05, 0.1) is 6.54 Å². The Kier molecular flexibility index (Phi) is 3.86. The molecule has 0 aliphatic carbocycles. The molecule has 0 spiro atoms. The smallest absolute Gasteiger partial charge is 0.243 e. The van der Waals surface area contributed by atoms with Gasteiger partial charge in [-0.15, -0.1) is 0 Å². The van der Waals surface area contributed by atoms with Gasteiger partial charge >= 0.3 is 0 Å². The topological polar surface area (TPSA) is 32.3 Å². The zero-order chi connectivity index (χ0) is 13.1. The largest absolute Gasteiger partial charge is 0.325 e. The molecular formula is C12H13F3N2O. The molecule has 0 unspecified atom stereocenters. The maximum atomic E-state index is 12.6. The summed E-state index contributed by atoms with van der Waals surface area (Å²) in [6, 6.07) is 5.38. The van der Waals surface area contributed by atoms with Gasteiger partial charge < -0.3 is 5.32 Å². The number of benzene rings is 1. The van der Waals surface area contributed by atoms with Gasteiger partial charge in [-0.3, -0.25) is 9.69 Å². The zero-order valence-corrected chi connectivity index (χ0v) is 9.57. The number of anilines is 1. The summed E-state index contributed by atoms with van der Waals surface area (Å²) in [5, 5.41) is 2.58. The molecule has 0 radical (unpaired) electrons. The van der Waals surface area contributed by atoms with E-state index < -0.39 is 12.3 Å². The van der Waals surface area contributed by atoms with Crippen LogP contribution in [0.1, 0.15) is 0 Å². The first-order valence-electron chi connectivity index (χ1n) is 5.60. The van der Waals surface area contributed by atoms with Crippen LogP contribution in [0, 0.1) is 11.7 Å². The van der Waals surface area contributed by atoms with E-state index in [1.807, 2.05) is 0 Å². The first-order chi connectivity index (χ1) is 8.54. The van der Waals surface area contributed by atoms with Gasteiger partial charge in [-0.1, -0.05) is 0 Å². The van der Waals surface area contributed by atoms with Crippen LogP contribution in [-0.4, -0.2) is 36.9 Å². The van der Waals surface area contributed by atoms with Crippen LogP contribution in [0.15, 0.2) is 24.3 Å². The van der Waals surface area contributed by atoms with E-state index in [4.69, 9.17) is 0 Å². The van der Waals surface area contributed by atoms with Crippen molar-refractivity contribution in [2.24, 2.45) is 5.92 Å². The van der Waals surface area contributed by atoms with E-state index in [0.717, 1.165) is 0 Å². The lowest BCUT2D eigenvalue weighted by molar-refractivity contribution is -0.120. The minimum Gasteiger partial charge on any atom is -0.325 e. The van der Waals surface area contributed by atoms with E-state index in [1.54, 1.807) is 4.90 Å². The molecule has 6 heteroatoms. The number of nitrogens with one attached hydrogen (secondary N) is 1. The average Bonchev–Trinajstić information content (AvgIpc) is 2.25. The number of carbonyl (C=O) groups is 1. The number of likely N-dealkylation sites (tertiary alicyclic amines) is 1. The fraction of sp³-hybridized carbons (Fsp3) is 0.417. The van der Waals surface area contributed by atoms with E-state index in [0.29, 0.717) is 5.69 Å². The van der Waals surface area contributed by atoms with Crippen molar-refractivity contribution in [1.82, 2.24) is 4.90 Å². The predicted molar refractivity (Wildman–Crippen MR) is 61.0 cm³/mol. The summed E-state index contributed by atoms with van der Waals surface area (Å²) in [6.45, 7) is 0.573. The van der Waals surface area contributed by atoms with Crippen molar-refractivity contribution in [1.29, 1.82) is 0 Å². The van der Waals surface area contributed by atoms with Crippen LogP contribution in [0.4, 0.5) is 18.9 Å². The maximum Gasteiger partial charge on any atom is 0.243 e. The standard InChI is InChI=1S/C12H13F3N2O/c13-9-1-3-10(4-2-9)16-11(18)7-17-5-8(6-17)12(14)15/h1-4,8,12H,5-7H2,(H,16,18). The quantitative estimate of drug-likeness (QED) is 0.895. The van der Waals surface area contributed by atoms with Crippen molar-refractivity contribution >= 4 is 11.6 Å². The highest BCUT2D eigenvalue weighted by Crippen LogP contribution is 2.21. The summed E-state index contributed by atoms with van der Waals surface area (Å²) in [7, 11) is 0. The first kappa shape index (κ1) is 12.9. The number of nitrogens with zero attached hydrogens (tertiary/aromatic N) is 1. The molecule has 0 atom stereocenters. The Morgan fingerprint density at radius 2 is 1.94 bits per heavy atom. The molecule has 1 fully saturated rings. The molecule has 3 nitrogen and oxygen atoms in total. The van der Waals surface area contributed by atoms with Gasteiger partial charge in [-0.25, -0.2) is 13.2 Å². The monoisotopic (exact) mass is 258 g/mol. The van der Waals surface area contributed by atoms with Gasteiger partial charge in [0.2, 0.25) is 12.3 Å². The summed E-state index contributed by atoms with van der Waals surface area (Å²) >= 11 is 0. The van der Waals surface area contributed by atoms with Crippen LogP contribution >= 0.6 is 0 Å². The fourth-order valence-corrected chi connectivity index (χ4v) is 1.84. The van der Waals surface area contributed by atoms with E-state index in [1.165, 1.54) is 24.3 Å². The molecule has 1 aliphatic rings. The summed E-state index contributed by atoms with van der Waals surface area (Å²) in [4.78, 5) is 13.2. The lowest BCUT2D eigenvalue weighted by Crippen LogP contribution is -2.52. The Morgan fingerprint density at radius 3 is 2.50 bits per heavy atom. The van der Waals surface area contributed by atoms with Crippen LogP contribution in [0.2, 0.25) is 0 Å². The predicted octanol–water partition coefficient (Wildman–Crippen LogP) is 1.96. The number of rotatable bonds is 4. The molecule has 1 aromatic carbocycles. The van der Waals surface area contributed by atoms with Crippen LogP contribution in [0.5, 0.6) is 0 Å². The van der Waals surface area contributed by atoms with Gasteiger partial charge in [-0.05, 0) is 24.3 Å². The van der Waals surface area contributed by atoms with E-state index in [-0.39, 0.29) is 31.4 Å². The maximum absolute atomic E-state index is 12.6. The van der Waals surface area contributed by atoms with Crippen LogP contribution in [0.3, 0.4) is 0 Å². The van der Waals surface area contributed by atoms with Crippen molar-refractivity contribution in [3.8, 4) is 0 Å². The lowest BCUT2D eigenvalue weighted by Gasteiger charge is -2.37. The molecule has 2 rings (SSSR count). The average molecular weight is 258 g/mol. The third kappa shape index (κ3) is 3.22. The first-order valence-corrected chi connectivity index (χ1v) is 5.60. The number of carbonyl (C=O) groups excluding carboxylic acids is 1. The molecule has 1 aliphatic heterocycles. The van der Waals surface area contributed by atoms with Gasteiger partial charge in [0.1, 0.15) is 5.82 Å². The molecular weight excluding hydrogens is 245 g/mol. The minimum atomic E-state index is -2.32. The molecule has 0 aromatic heterocycles. The number of amides is 1. The molecule has 0 saturated carbocycles. The normalized spacial score (nSPS) is 16.7. The lowest BCUT2D eigenvalue weighted by atomic mass is 10.0. The van der Waals surface area contributed by atoms with Crippen molar-refractivity contribution in [2.75, 3.05) is 25.0 Å². The molecule has 1 aromatic rings. The van der Waals surface area contributed by atoms with E-state index >= 15 is 0 Å². The summed E-state index contributed by atoms with van der Waals surface area (Å²) in [5.74, 6) is -1.28. The molecule has 1 heterocycles. The third-order valence-corrected chi connectivity index (χ3v) is 2.84. The van der Waals surface area contributed by atoms with Crippen molar-refractivity contribution < 1.29 is 18.0 Å². The Morgan fingerprint density at radius 1 is 1.33 bits per heavy atom. The number of hydrogen-bond acceptors (Lipinski definition) is 2. The van der Waals surface area contributed by atoms with Crippen LogP contribution in [-0.2, 0) is 4.79 Å². The highest BCUT2D eigenvalue weighted by atomic mass is 19.3. The highest BCUT2D eigenvalue weighted by Gasteiger charge is 2.34. The zero-order valence-electron chi connectivity index (χ0n) is 9.57. The minimum absolute atomic E-state index is 0.0839. The van der Waals surface area contributed by atoms with Crippen molar-refractivity contribution in [2.45, 2.75) is 6.43 Å². The Balaban J connectivity index is 1.75. The summed E-state index contributed by atoms with van der Waals surface area (Å²) in [5.41, 5.74) is 0.493. The van der Waals surface area contributed by atoms with Gasteiger partial charge in [0.25, 0.3) is 0 Å². The fourth-order valence-electron chi connectivity index (χ4n) is 1.84. The van der Waals surface area contributed by atoms with Gasteiger partial charge in [0, 0.05) is 24.7 Å². The van der Waals surface area contributed by atoms with Crippen molar-refractivity contribution in [3.63, 3.8) is 0 Å².